The number of amidine groups is 1. The van der Waals surface area contributed by atoms with Gasteiger partial charge in [-0.3, -0.25) is 4.99 Å². The Kier molecular flexibility index (Phi) is 3.53. The molecule has 0 aromatic carbocycles. The first-order valence-electron chi connectivity index (χ1n) is 6.68. The minimum atomic E-state index is 0.413. The van der Waals surface area contributed by atoms with E-state index in [2.05, 4.69) is 19.3 Å². The lowest BCUT2D eigenvalue weighted by Crippen LogP contribution is -2.34. The van der Waals surface area contributed by atoms with E-state index in [1.165, 1.54) is 44.9 Å². The van der Waals surface area contributed by atoms with Gasteiger partial charge < -0.3 is 5.43 Å². The van der Waals surface area contributed by atoms with E-state index in [9.17, 15) is 0 Å². The lowest BCUT2D eigenvalue weighted by molar-refractivity contribution is 0.570. The van der Waals surface area contributed by atoms with Crippen LogP contribution in [0.15, 0.2) is 4.99 Å². The molecule has 3 heteroatoms. The number of rotatable bonds is 2. The van der Waals surface area contributed by atoms with Crippen LogP contribution in [0.5, 0.6) is 0 Å². The van der Waals surface area contributed by atoms with E-state index in [1.807, 2.05) is 0 Å². The molecule has 1 atom stereocenters. The van der Waals surface area contributed by atoms with Crippen molar-refractivity contribution in [3.8, 4) is 0 Å². The van der Waals surface area contributed by atoms with Crippen LogP contribution >= 0.6 is 0 Å². The Hall–Kier alpha value is -0.570. The molecule has 0 saturated heterocycles. The first-order chi connectivity index (χ1) is 7.63. The molecule has 0 bridgehead atoms. The molecule has 0 aromatic rings. The summed E-state index contributed by atoms with van der Waals surface area (Å²) in [5.41, 5.74) is 3.25. The minimum absolute atomic E-state index is 0.413. The van der Waals surface area contributed by atoms with Crippen LogP contribution < -0.4 is 11.3 Å². The van der Waals surface area contributed by atoms with Gasteiger partial charge in [-0.15, -0.1) is 0 Å². The number of hydrogen-bond donors (Lipinski definition) is 2. The highest BCUT2D eigenvalue weighted by molar-refractivity contribution is 5.87. The van der Waals surface area contributed by atoms with Crippen LogP contribution in [0.25, 0.3) is 0 Å². The summed E-state index contributed by atoms with van der Waals surface area (Å²) in [6.45, 7) is 4.58. The summed E-state index contributed by atoms with van der Waals surface area (Å²) in [4.78, 5) is 4.85. The summed E-state index contributed by atoms with van der Waals surface area (Å²) in [7, 11) is 0. The van der Waals surface area contributed by atoms with Crippen LogP contribution in [0.2, 0.25) is 0 Å². The first kappa shape index (κ1) is 11.9. The summed E-state index contributed by atoms with van der Waals surface area (Å²) in [6.07, 6.45) is 9.15. The van der Waals surface area contributed by atoms with Gasteiger partial charge in [-0.25, -0.2) is 5.84 Å². The molecular formula is C13H25N3. The summed E-state index contributed by atoms with van der Waals surface area (Å²) >= 11 is 0. The standard InChI is InChI=1S/C13H25N3/c1-13(2)9-11(13)12(16-14)15-10-7-5-3-4-6-8-10/h10-11H,3-9,14H2,1-2H3,(H,15,16). The highest BCUT2D eigenvalue weighted by atomic mass is 15.3. The SMILES string of the molecule is CC1(C)CC1C(=NC1CCCCCC1)NN. The van der Waals surface area contributed by atoms with E-state index in [0.717, 1.165) is 5.84 Å². The molecule has 0 radical (unpaired) electrons. The fourth-order valence-electron chi connectivity index (χ4n) is 2.75. The monoisotopic (exact) mass is 223 g/mol. The van der Waals surface area contributed by atoms with Crippen LogP contribution in [0.1, 0.15) is 58.8 Å². The van der Waals surface area contributed by atoms with Crippen LogP contribution in [-0.2, 0) is 0 Å². The number of nitrogens with zero attached hydrogens (tertiary/aromatic N) is 1. The molecule has 16 heavy (non-hydrogen) atoms. The van der Waals surface area contributed by atoms with Gasteiger partial charge in [0.1, 0.15) is 5.84 Å². The quantitative estimate of drug-likeness (QED) is 0.248. The molecule has 3 nitrogen and oxygen atoms in total. The zero-order valence-corrected chi connectivity index (χ0v) is 10.6. The van der Waals surface area contributed by atoms with Crippen molar-refractivity contribution >= 4 is 5.84 Å². The molecule has 92 valence electrons. The normalized spacial score (nSPS) is 30.9. The maximum absolute atomic E-state index is 5.61. The second kappa shape index (κ2) is 4.74. The third-order valence-electron chi connectivity index (χ3n) is 4.14. The molecule has 0 spiro atoms. The third-order valence-corrected chi connectivity index (χ3v) is 4.14. The summed E-state index contributed by atoms with van der Waals surface area (Å²) < 4.78 is 0. The Morgan fingerprint density at radius 2 is 1.75 bits per heavy atom. The summed E-state index contributed by atoms with van der Waals surface area (Å²) in [5.74, 6) is 7.23. The van der Waals surface area contributed by atoms with Crippen molar-refractivity contribution in [1.29, 1.82) is 0 Å². The molecular weight excluding hydrogens is 198 g/mol. The zero-order valence-electron chi connectivity index (χ0n) is 10.6. The maximum atomic E-state index is 5.61. The average molecular weight is 223 g/mol. The number of hydrogen-bond acceptors (Lipinski definition) is 2. The zero-order chi connectivity index (χ0) is 11.6. The molecule has 0 aliphatic heterocycles. The van der Waals surface area contributed by atoms with Gasteiger partial charge in [-0.05, 0) is 24.7 Å². The second-order valence-electron chi connectivity index (χ2n) is 6.05. The molecule has 0 aromatic heterocycles. The fourth-order valence-corrected chi connectivity index (χ4v) is 2.75. The van der Waals surface area contributed by atoms with Gasteiger partial charge in [0.15, 0.2) is 0 Å². The number of nitrogens with two attached hydrogens (primary N) is 1. The van der Waals surface area contributed by atoms with E-state index >= 15 is 0 Å². The van der Waals surface area contributed by atoms with Crippen molar-refractivity contribution in [2.45, 2.75) is 64.8 Å². The molecule has 2 rings (SSSR count). The maximum Gasteiger partial charge on any atom is 0.114 e. The lowest BCUT2D eigenvalue weighted by Gasteiger charge is -2.13. The molecule has 1 unspecified atom stereocenters. The molecule has 3 N–H and O–H groups in total. The van der Waals surface area contributed by atoms with Gasteiger partial charge in [0, 0.05) is 5.92 Å². The molecule has 2 aliphatic rings. The van der Waals surface area contributed by atoms with E-state index < -0.39 is 0 Å². The second-order valence-corrected chi connectivity index (χ2v) is 6.05. The van der Waals surface area contributed by atoms with Crippen molar-refractivity contribution in [1.82, 2.24) is 5.43 Å². The average Bonchev–Trinajstić information content (AvgIpc) is 2.94. The summed E-state index contributed by atoms with van der Waals surface area (Å²) in [5, 5.41) is 0. The van der Waals surface area contributed by atoms with Gasteiger partial charge in [-0.2, -0.15) is 0 Å². The lowest BCUT2D eigenvalue weighted by atomic mass is 10.1. The topological polar surface area (TPSA) is 50.4 Å². The smallest absolute Gasteiger partial charge is 0.114 e. The Bertz CT molecular complexity index is 262. The predicted molar refractivity (Wildman–Crippen MR) is 68.1 cm³/mol. The van der Waals surface area contributed by atoms with Gasteiger partial charge in [0.2, 0.25) is 0 Å². The molecule has 0 heterocycles. The molecule has 0 amide bonds. The molecule has 2 fully saturated rings. The van der Waals surface area contributed by atoms with Crippen molar-refractivity contribution in [2.24, 2.45) is 22.2 Å². The van der Waals surface area contributed by atoms with E-state index in [4.69, 9.17) is 10.8 Å². The fraction of sp³-hybridized carbons (Fsp3) is 0.923. The van der Waals surface area contributed by atoms with Crippen molar-refractivity contribution in [3.05, 3.63) is 0 Å². The van der Waals surface area contributed by atoms with Gasteiger partial charge in [0.25, 0.3) is 0 Å². The Labute approximate surface area is 98.9 Å². The largest absolute Gasteiger partial charge is 0.312 e. The van der Waals surface area contributed by atoms with Gasteiger partial charge in [0.05, 0.1) is 6.04 Å². The molecule has 2 saturated carbocycles. The Morgan fingerprint density at radius 1 is 1.19 bits per heavy atom. The highest BCUT2D eigenvalue weighted by Crippen LogP contribution is 2.52. The number of nitrogens with one attached hydrogen (secondary N) is 1. The number of hydrazine groups is 1. The van der Waals surface area contributed by atoms with E-state index in [-0.39, 0.29) is 0 Å². The third kappa shape index (κ3) is 2.76. The summed E-state index contributed by atoms with van der Waals surface area (Å²) in [6, 6.07) is 0.518. The minimum Gasteiger partial charge on any atom is -0.312 e. The van der Waals surface area contributed by atoms with Crippen molar-refractivity contribution in [2.75, 3.05) is 0 Å². The van der Waals surface area contributed by atoms with Crippen LogP contribution in [0.3, 0.4) is 0 Å². The van der Waals surface area contributed by atoms with Crippen molar-refractivity contribution < 1.29 is 0 Å². The Morgan fingerprint density at radius 3 is 2.19 bits per heavy atom. The van der Waals surface area contributed by atoms with E-state index in [0.29, 0.717) is 17.4 Å². The molecule has 2 aliphatic carbocycles. The van der Waals surface area contributed by atoms with Crippen molar-refractivity contribution in [3.63, 3.8) is 0 Å². The van der Waals surface area contributed by atoms with Crippen LogP contribution in [-0.4, -0.2) is 11.9 Å². The van der Waals surface area contributed by atoms with Crippen LogP contribution in [0.4, 0.5) is 0 Å². The highest BCUT2D eigenvalue weighted by Gasteiger charge is 2.49. The van der Waals surface area contributed by atoms with E-state index in [1.54, 1.807) is 0 Å². The Balaban J connectivity index is 1.97. The van der Waals surface area contributed by atoms with Crippen LogP contribution in [0, 0.1) is 11.3 Å². The number of aliphatic imine (C=N–C) groups is 1. The predicted octanol–water partition coefficient (Wildman–Crippen LogP) is 2.62. The van der Waals surface area contributed by atoms with Gasteiger partial charge in [-0.1, -0.05) is 39.5 Å². The first-order valence-corrected chi connectivity index (χ1v) is 6.68. The van der Waals surface area contributed by atoms with Gasteiger partial charge >= 0.3 is 0 Å².